The van der Waals surface area contributed by atoms with Crippen LogP contribution in [-0.4, -0.2) is 44.1 Å². The zero-order chi connectivity index (χ0) is 29.0. The lowest BCUT2D eigenvalue weighted by atomic mass is 9.85. The minimum absolute atomic E-state index is 0.0232. The van der Waals surface area contributed by atoms with E-state index in [0.717, 1.165) is 40.3 Å². The Morgan fingerprint density at radius 1 is 1.02 bits per heavy atom. The number of nitrogens with one attached hydrogen (secondary N) is 3. The fourth-order valence-corrected chi connectivity index (χ4v) is 5.12. The molecule has 0 spiro atoms. The van der Waals surface area contributed by atoms with Gasteiger partial charge in [-0.05, 0) is 90.5 Å². The van der Waals surface area contributed by atoms with Gasteiger partial charge in [0.2, 0.25) is 5.91 Å². The molecule has 1 aliphatic carbocycles. The zero-order valence-corrected chi connectivity index (χ0v) is 24.3. The fourth-order valence-electron chi connectivity index (χ4n) is 5.12. The molecule has 3 aromatic rings. The quantitative estimate of drug-likeness (QED) is 0.393. The summed E-state index contributed by atoms with van der Waals surface area (Å²) in [5, 5.41) is 7.62. The summed E-state index contributed by atoms with van der Waals surface area (Å²) in [5.74, 6) is -0.823. The summed E-state index contributed by atoms with van der Waals surface area (Å²) in [6, 6.07) is 9.34. The Kier molecular flexibility index (Phi) is 8.76. The van der Waals surface area contributed by atoms with E-state index < -0.39 is 11.7 Å². The maximum absolute atomic E-state index is 12.7. The van der Waals surface area contributed by atoms with E-state index in [9.17, 15) is 14.4 Å². The number of carbonyl (C=O) groups is 3. The van der Waals surface area contributed by atoms with Crippen molar-refractivity contribution in [3.05, 3.63) is 64.1 Å². The summed E-state index contributed by atoms with van der Waals surface area (Å²) in [6.07, 6.45) is 3.61. The van der Waals surface area contributed by atoms with Gasteiger partial charge in [0.15, 0.2) is 5.65 Å². The molecule has 2 aromatic heterocycles. The number of hydrogen-bond donors (Lipinski definition) is 3. The van der Waals surface area contributed by atoms with Crippen molar-refractivity contribution in [1.82, 2.24) is 30.8 Å². The highest BCUT2D eigenvalue weighted by Crippen LogP contribution is 2.25. The number of fused-ring (bicyclic) bond motifs is 1. The second-order valence-electron chi connectivity index (χ2n) is 11.6. The molecule has 1 aliphatic rings. The van der Waals surface area contributed by atoms with Crippen LogP contribution in [0, 0.1) is 19.8 Å². The smallest absolute Gasteiger partial charge is 0.407 e. The van der Waals surface area contributed by atoms with E-state index in [0.29, 0.717) is 37.7 Å². The van der Waals surface area contributed by atoms with Gasteiger partial charge < -0.3 is 10.1 Å². The number of aryl methyl sites for hydroxylation is 3. The first-order valence-electron chi connectivity index (χ1n) is 14.0. The Morgan fingerprint density at radius 3 is 2.33 bits per heavy atom. The predicted molar refractivity (Wildman–Crippen MR) is 152 cm³/mol. The lowest BCUT2D eigenvalue weighted by molar-refractivity contribution is -0.126. The number of aromatic nitrogens is 3. The number of nitrogens with zero attached hydrogens (tertiary/aromatic N) is 3. The van der Waals surface area contributed by atoms with E-state index in [2.05, 4.69) is 23.1 Å². The summed E-state index contributed by atoms with van der Waals surface area (Å²) in [6.45, 7) is 11.6. The monoisotopic (exact) mass is 548 g/mol. The van der Waals surface area contributed by atoms with Gasteiger partial charge in [-0.2, -0.15) is 5.10 Å². The molecule has 0 saturated heterocycles. The van der Waals surface area contributed by atoms with Gasteiger partial charge in [0.1, 0.15) is 5.60 Å². The molecule has 10 heteroatoms. The van der Waals surface area contributed by atoms with Crippen molar-refractivity contribution in [1.29, 1.82) is 0 Å². The van der Waals surface area contributed by atoms with Crippen molar-refractivity contribution >= 4 is 23.6 Å². The minimum Gasteiger partial charge on any atom is -0.444 e. The van der Waals surface area contributed by atoms with Crippen molar-refractivity contribution in [2.45, 2.75) is 91.7 Å². The van der Waals surface area contributed by atoms with Crippen LogP contribution in [0.5, 0.6) is 0 Å². The Morgan fingerprint density at radius 2 is 1.70 bits per heavy atom. The van der Waals surface area contributed by atoms with E-state index in [1.807, 2.05) is 57.3 Å². The molecule has 1 fully saturated rings. The van der Waals surface area contributed by atoms with Crippen LogP contribution in [0.3, 0.4) is 0 Å². The van der Waals surface area contributed by atoms with Crippen molar-refractivity contribution in [3.8, 4) is 0 Å². The topological polar surface area (TPSA) is 127 Å². The van der Waals surface area contributed by atoms with Gasteiger partial charge in [0.05, 0.1) is 5.69 Å². The Labute approximate surface area is 235 Å². The van der Waals surface area contributed by atoms with Crippen molar-refractivity contribution in [2.24, 2.45) is 5.92 Å². The molecular formula is C30H40N6O4. The number of benzene rings is 1. The van der Waals surface area contributed by atoms with Crippen LogP contribution in [0.1, 0.15) is 91.9 Å². The molecule has 3 N–H and O–H groups in total. The molecule has 10 nitrogen and oxygen atoms in total. The van der Waals surface area contributed by atoms with Gasteiger partial charge in [0, 0.05) is 40.9 Å². The highest BCUT2D eigenvalue weighted by molar-refractivity contribution is 5.95. The number of alkyl carbamates (subject to hydrolysis) is 1. The van der Waals surface area contributed by atoms with Crippen LogP contribution in [0.4, 0.5) is 4.79 Å². The third-order valence-corrected chi connectivity index (χ3v) is 7.12. The molecule has 214 valence electrons. The second-order valence-corrected chi connectivity index (χ2v) is 11.6. The molecule has 0 unspecified atom stereocenters. The van der Waals surface area contributed by atoms with Gasteiger partial charge in [-0.3, -0.25) is 20.4 Å². The third kappa shape index (κ3) is 7.16. The summed E-state index contributed by atoms with van der Waals surface area (Å²) in [7, 11) is 0. The molecule has 4 rings (SSSR count). The zero-order valence-electron chi connectivity index (χ0n) is 24.3. The van der Waals surface area contributed by atoms with Crippen LogP contribution in [0.25, 0.3) is 5.65 Å². The van der Waals surface area contributed by atoms with E-state index in [-0.39, 0.29) is 23.8 Å². The normalized spacial score (nSPS) is 17.4. The number of rotatable bonds is 6. The van der Waals surface area contributed by atoms with Crippen LogP contribution in [0.2, 0.25) is 0 Å². The Balaban J connectivity index is 1.28. The van der Waals surface area contributed by atoms with Gasteiger partial charge in [0.25, 0.3) is 5.91 Å². The molecule has 3 amide bonds. The van der Waals surface area contributed by atoms with Crippen molar-refractivity contribution < 1.29 is 19.1 Å². The highest BCUT2D eigenvalue weighted by Gasteiger charge is 2.28. The summed E-state index contributed by atoms with van der Waals surface area (Å²) >= 11 is 0. The predicted octanol–water partition coefficient (Wildman–Crippen LogP) is 4.34. The largest absolute Gasteiger partial charge is 0.444 e. The standard InChI is InChI=1S/C30H40N6O4/c1-7-25-24(26-31-18(2)16-19(3)36(26)35-25)17-20-8-10-21(11-9-20)27(37)33-34-28(38)22-12-14-23(15-13-22)32-29(39)40-30(4,5)6/h8-11,16,22-23H,7,12-15,17H2,1-6H3,(H,32,39)(H,33,37)(H,34,38)/t22-,23-. The minimum atomic E-state index is -0.552. The average molecular weight is 549 g/mol. The molecule has 0 atom stereocenters. The van der Waals surface area contributed by atoms with Crippen molar-refractivity contribution in [2.75, 3.05) is 0 Å². The fraction of sp³-hybridized carbons (Fsp3) is 0.500. The van der Waals surface area contributed by atoms with Crippen LogP contribution in [0.15, 0.2) is 30.3 Å². The van der Waals surface area contributed by atoms with Crippen molar-refractivity contribution in [3.63, 3.8) is 0 Å². The first kappa shape index (κ1) is 29.0. The average Bonchev–Trinajstić information content (AvgIpc) is 3.24. The lowest BCUT2D eigenvalue weighted by Gasteiger charge is -2.29. The molecule has 40 heavy (non-hydrogen) atoms. The first-order chi connectivity index (χ1) is 18.9. The maximum Gasteiger partial charge on any atom is 0.407 e. The number of amides is 3. The van der Waals surface area contributed by atoms with E-state index >= 15 is 0 Å². The van der Waals surface area contributed by atoms with Gasteiger partial charge in [-0.25, -0.2) is 14.3 Å². The molecule has 0 radical (unpaired) electrons. The summed E-state index contributed by atoms with van der Waals surface area (Å²) < 4.78 is 7.21. The van der Waals surface area contributed by atoms with Gasteiger partial charge in [-0.15, -0.1) is 0 Å². The van der Waals surface area contributed by atoms with E-state index in [1.54, 1.807) is 12.1 Å². The third-order valence-electron chi connectivity index (χ3n) is 7.12. The maximum atomic E-state index is 12.7. The number of hydrogen-bond acceptors (Lipinski definition) is 6. The summed E-state index contributed by atoms with van der Waals surface area (Å²) in [4.78, 5) is 42.1. The lowest BCUT2D eigenvalue weighted by Crippen LogP contribution is -2.47. The molecular weight excluding hydrogens is 508 g/mol. The van der Waals surface area contributed by atoms with Crippen LogP contribution in [-0.2, 0) is 22.4 Å². The molecule has 0 aliphatic heterocycles. The summed E-state index contributed by atoms with van der Waals surface area (Å²) in [5.41, 5.74) is 11.0. The number of ether oxygens (including phenoxy) is 1. The van der Waals surface area contributed by atoms with Crippen LogP contribution >= 0.6 is 0 Å². The molecule has 0 bridgehead atoms. The van der Waals surface area contributed by atoms with Gasteiger partial charge in [-0.1, -0.05) is 19.1 Å². The molecule has 1 saturated carbocycles. The molecule has 2 heterocycles. The van der Waals surface area contributed by atoms with E-state index in [1.165, 1.54) is 0 Å². The number of hydrazine groups is 1. The molecule has 1 aromatic carbocycles. The SMILES string of the molecule is CCc1nn2c(C)cc(C)nc2c1Cc1ccc(C(=O)NNC(=O)[C@H]2CC[C@H](NC(=O)OC(C)(C)C)CC2)cc1. The Hall–Kier alpha value is -3.95. The second kappa shape index (κ2) is 12.1. The van der Waals surface area contributed by atoms with Crippen LogP contribution < -0.4 is 16.2 Å². The van der Waals surface area contributed by atoms with Gasteiger partial charge >= 0.3 is 6.09 Å². The number of carbonyl (C=O) groups excluding carboxylic acids is 3. The van der Waals surface area contributed by atoms with E-state index in [4.69, 9.17) is 14.8 Å². The highest BCUT2D eigenvalue weighted by atomic mass is 16.6. The first-order valence-corrected chi connectivity index (χ1v) is 14.0. The Bertz CT molecular complexity index is 1380.